The molecular weight excluding hydrogens is 344 g/mol. The van der Waals surface area contributed by atoms with Gasteiger partial charge in [-0.05, 0) is 38.1 Å². The normalized spacial score (nSPS) is 11.4. The minimum Gasteiger partial charge on any atom is -0.360 e. The van der Waals surface area contributed by atoms with Crippen molar-refractivity contribution in [2.75, 3.05) is 10.6 Å². The molecule has 0 atom stereocenters. The molecular formula is C17H15ClN4O3. The van der Waals surface area contributed by atoms with Crippen LogP contribution in [0.2, 0.25) is 5.02 Å². The van der Waals surface area contributed by atoms with Crippen LogP contribution < -0.4 is 10.6 Å². The lowest BCUT2D eigenvalue weighted by atomic mass is 10.2. The summed E-state index contributed by atoms with van der Waals surface area (Å²) >= 11 is 5.86. The standard InChI is InChI=1S/C17H15ClN4O3/c1-10-7-15(25-21-10)14(9-19-16-8-11(2)24-22-16)17(23)20-13-5-3-12(18)4-6-13/h3-9H,1-2H3,(H,19,22)(H,20,23). The van der Waals surface area contributed by atoms with Crippen LogP contribution >= 0.6 is 11.6 Å². The number of aryl methyl sites for hydroxylation is 2. The van der Waals surface area contributed by atoms with E-state index in [0.29, 0.717) is 33.7 Å². The second-order valence-corrected chi connectivity index (χ2v) is 5.76. The van der Waals surface area contributed by atoms with E-state index in [1.54, 1.807) is 50.2 Å². The first-order valence-corrected chi connectivity index (χ1v) is 7.80. The van der Waals surface area contributed by atoms with E-state index in [0.717, 1.165) is 0 Å². The van der Waals surface area contributed by atoms with Gasteiger partial charge in [-0.2, -0.15) is 0 Å². The van der Waals surface area contributed by atoms with Crippen LogP contribution in [0.5, 0.6) is 0 Å². The van der Waals surface area contributed by atoms with Gasteiger partial charge in [0.2, 0.25) is 0 Å². The Morgan fingerprint density at radius 2 is 1.88 bits per heavy atom. The minimum atomic E-state index is -0.369. The van der Waals surface area contributed by atoms with Gasteiger partial charge in [-0.15, -0.1) is 0 Å². The van der Waals surface area contributed by atoms with Crippen LogP contribution in [0, 0.1) is 13.8 Å². The number of carbonyl (C=O) groups excluding carboxylic acids is 1. The fourth-order valence-corrected chi connectivity index (χ4v) is 2.18. The van der Waals surface area contributed by atoms with Gasteiger partial charge >= 0.3 is 0 Å². The van der Waals surface area contributed by atoms with Gasteiger partial charge in [0.25, 0.3) is 5.91 Å². The first kappa shape index (κ1) is 16.8. The SMILES string of the molecule is Cc1cc(C(=CNc2cc(C)on2)C(=O)Nc2ccc(Cl)cc2)on1. The van der Waals surface area contributed by atoms with Gasteiger partial charge in [0.15, 0.2) is 11.6 Å². The van der Waals surface area contributed by atoms with Gasteiger partial charge in [0.05, 0.1) is 5.69 Å². The third-order valence-electron chi connectivity index (χ3n) is 3.23. The van der Waals surface area contributed by atoms with Gasteiger partial charge in [-0.25, -0.2) is 0 Å². The number of halogens is 1. The summed E-state index contributed by atoms with van der Waals surface area (Å²) in [5.41, 5.74) is 1.53. The quantitative estimate of drug-likeness (QED) is 0.669. The topological polar surface area (TPSA) is 93.2 Å². The summed E-state index contributed by atoms with van der Waals surface area (Å²) in [5, 5.41) is 13.9. The van der Waals surface area contributed by atoms with E-state index >= 15 is 0 Å². The Labute approximate surface area is 148 Å². The van der Waals surface area contributed by atoms with Crippen molar-refractivity contribution in [3.05, 3.63) is 64.8 Å². The molecule has 2 heterocycles. The number of anilines is 2. The maximum absolute atomic E-state index is 12.6. The van der Waals surface area contributed by atoms with Gasteiger partial charge in [0, 0.05) is 29.0 Å². The molecule has 128 valence electrons. The predicted octanol–water partition coefficient (Wildman–Crippen LogP) is 4.02. The highest BCUT2D eigenvalue weighted by atomic mass is 35.5. The van der Waals surface area contributed by atoms with E-state index in [2.05, 4.69) is 20.9 Å². The predicted molar refractivity (Wildman–Crippen MR) is 94.2 cm³/mol. The Balaban J connectivity index is 1.84. The largest absolute Gasteiger partial charge is 0.360 e. The number of hydrogen-bond acceptors (Lipinski definition) is 6. The van der Waals surface area contributed by atoms with Crippen LogP contribution in [0.3, 0.4) is 0 Å². The molecule has 0 radical (unpaired) electrons. The van der Waals surface area contributed by atoms with E-state index in [4.69, 9.17) is 20.6 Å². The molecule has 0 spiro atoms. The monoisotopic (exact) mass is 358 g/mol. The Morgan fingerprint density at radius 1 is 1.12 bits per heavy atom. The zero-order valence-corrected chi connectivity index (χ0v) is 14.3. The Hall–Kier alpha value is -3.06. The highest BCUT2D eigenvalue weighted by molar-refractivity contribution is 6.30. The number of rotatable bonds is 5. The van der Waals surface area contributed by atoms with Crippen LogP contribution in [-0.4, -0.2) is 16.2 Å². The Morgan fingerprint density at radius 3 is 2.48 bits per heavy atom. The number of hydrogen-bond donors (Lipinski definition) is 2. The maximum Gasteiger partial charge on any atom is 0.261 e. The van der Waals surface area contributed by atoms with Crippen molar-refractivity contribution in [3.8, 4) is 0 Å². The van der Waals surface area contributed by atoms with Crippen LogP contribution in [0.4, 0.5) is 11.5 Å². The number of benzene rings is 1. The summed E-state index contributed by atoms with van der Waals surface area (Å²) in [7, 11) is 0. The molecule has 0 unspecified atom stereocenters. The Bertz CT molecular complexity index is 912. The van der Waals surface area contributed by atoms with Crippen molar-refractivity contribution in [1.82, 2.24) is 10.3 Å². The average Bonchev–Trinajstić information content (AvgIpc) is 3.18. The summed E-state index contributed by atoms with van der Waals surface area (Å²) in [6.07, 6.45) is 1.49. The lowest BCUT2D eigenvalue weighted by Crippen LogP contribution is -2.14. The van der Waals surface area contributed by atoms with E-state index in [9.17, 15) is 4.79 Å². The lowest BCUT2D eigenvalue weighted by molar-refractivity contribution is -0.111. The average molecular weight is 359 g/mol. The molecule has 0 aliphatic carbocycles. The molecule has 2 N–H and O–H groups in total. The smallest absolute Gasteiger partial charge is 0.261 e. The van der Waals surface area contributed by atoms with Crippen LogP contribution in [-0.2, 0) is 4.79 Å². The number of nitrogens with zero attached hydrogens (tertiary/aromatic N) is 2. The van der Waals surface area contributed by atoms with Crippen molar-refractivity contribution in [1.29, 1.82) is 0 Å². The molecule has 0 bridgehead atoms. The highest BCUT2D eigenvalue weighted by Crippen LogP contribution is 2.20. The molecule has 2 aromatic heterocycles. The van der Waals surface area contributed by atoms with Gasteiger partial charge in [-0.1, -0.05) is 21.9 Å². The van der Waals surface area contributed by atoms with Crippen molar-refractivity contribution in [2.24, 2.45) is 0 Å². The third-order valence-corrected chi connectivity index (χ3v) is 3.48. The first-order valence-electron chi connectivity index (χ1n) is 7.42. The van der Waals surface area contributed by atoms with Crippen molar-refractivity contribution >= 4 is 34.6 Å². The van der Waals surface area contributed by atoms with Gasteiger partial charge < -0.3 is 19.7 Å². The van der Waals surface area contributed by atoms with Crippen molar-refractivity contribution in [2.45, 2.75) is 13.8 Å². The number of carbonyl (C=O) groups is 1. The maximum atomic E-state index is 12.6. The lowest BCUT2D eigenvalue weighted by Gasteiger charge is -2.07. The summed E-state index contributed by atoms with van der Waals surface area (Å²) in [4.78, 5) is 12.6. The zero-order valence-electron chi connectivity index (χ0n) is 13.5. The molecule has 7 nitrogen and oxygen atoms in total. The molecule has 1 aromatic carbocycles. The molecule has 3 aromatic rings. The Kier molecular flexibility index (Phi) is 4.85. The molecule has 3 rings (SSSR count). The van der Waals surface area contributed by atoms with E-state index in [-0.39, 0.29) is 11.5 Å². The fraction of sp³-hybridized carbons (Fsp3) is 0.118. The first-order chi connectivity index (χ1) is 12.0. The molecule has 0 aliphatic heterocycles. The summed E-state index contributed by atoms with van der Waals surface area (Å²) in [6.45, 7) is 3.55. The number of amides is 1. The molecule has 25 heavy (non-hydrogen) atoms. The van der Waals surface area contributed by atoms with Gasteiger partial charge in [0.1, 0.15) is 11.3 Å². The van der Waals surface area contributed by atoms with E-state index < -0.39 is 0 Å². The van der Waals surface area contributed by atoms with Crippen molar-refractivity contribution < 1.29 is 13.8 Å². The number of nitrogens with one attached hydrogen (secondary N) is 2. The summed E-state index contributed by atoms with van der Waals surface area (Å²) < 4.78 is 10.2. The summed E-state index contributed by atoms with van der Waals surface area (Å²) in [6, 6.07) is 10.2. The molecule has 0 saturated heterocycles. The minimum absolute atomic E-state index is 0.260. The molecule has 0 saturated carbocycles. The second-order valence-electron chi connectivity index (χ2n) is 5.32. The highest BCUT2D eigenvalue weighted by Gasteiger charge is 2.17. The molecule has 0 fully saturated rings. The third kappa shape index (κ3) is 4.27. The van der Waals surface area contributed by atoms with Crippen LogP contribution in [0.1, 0.15) is 17.2 Å². The van der Waals surface area contributed by atoms with Crippen LogP contribution in [0.15, 0.2) is 51.6 Å². The molecule has 1 amide bonds. The van der Waals surface area contributed by atoms with Crippen molar-refractivity contribution in [3.63, 3.8) is 0 Å². The van der Waals surface area contributed by atoms with Crippen LogP contribution in [0.25, 0.3) is 5.57 Å². The fourth-order valence-electron chi connectivity index (χ4n) is 2.05. The van der Waals surface area contributed by atoms with Gasteiger partial charge in [-0.3, -0.25) is 4.79 Å². The molecule has 8 heteroatoms. The second kappa shape index (κ2) is 7.23. The number of aromatic nitrogens is 2. The summed E-state index contributed by atoms with van der Waals surface area (Å²) in [5.74, 6) is 1.09. The molecule has 0 aliphatic rings. The van der Waals surface area contributed by atoms with E-state index in [1.807, 2.05) is 0 Å². The van der Waals surface area contributed by atoms with E-state index in [1.165, 1.54) is 6.20 Å². The zero-order chi connectivity index (χ0) is 17.8.